The summed E-state index contributed by atoms with van der Waals surface area (Å²) in [5.41, 5.74) is 5.85. The van der Waals surface area contributed by atoms with Crippen LogP contribution in [0.2, 0.25) is 0 Å². The molecule has 1 aromatic heterocycles. The lowest BCUT2D eigenvalue weighted by atomic mass is 9.97. The van der Waals surface area contributed by atoms with E-state index in [0.717, 1.165) is 11.5 Å². The highest BCUT2D eigenvalue weighted by molar-refractivity contribution is 5.07. The monoisotopic (exact) mass is 197 g/mol. The van der Waals surface area contributed by atoms with E-state index in [4.69, 9.17) is 10.2 Å². The second kappa shape index (κ2) is 4.62. The fourth-order valence-corrected chi connectivity index (χ4v) is 1.44. The van der Waals surface area contributed by atoms with Gasteiger partial charge in [0, 0.05) is 12.5 Å². The summed E-state index contributed by atoms with van der Waals surface area (Å²) in [6.07, 6.45) is 0.119. The molecule has 0 saturated heterocycles. The lowest BCUT2D eigenvalue weighted by Crippen LogP contribution is -2.39. The van der Waals surface area contributed by atoms with Gasteiger partial charge in [0.25, 0.3) is 0 Å². The van der Waals surface area contributed by atoms with Crippen LogP contribution in [0.25, 0.3) is 0 Å². The highest BCUT2D eigenvalue weighted by Crippen LogP contribution is 2.12. The van der Waals surface area contributed by atoms with Gasteiger partial charge < -0.3 is 15.3 Å². The molecular weight excluding hydrogens is 178 g/mol. The number of nitrogens with two attached hydrogens (primary N) is 1. The summed E-state index contributed by atoms with van der Waals surface area (Å²) in [5, 5.41) is 9.70. The minimum atomic E-state index is -0.472. The summed E-state index contributed by atoms with van der Waals surface area (Å²) in [7, 11) is 0. The fourth-order valence-electron chi connectivity index (χ4n) is 1.44. The zero-order chi connectivity index (χ0) is 10.7. The van der Waals surface area contributed by atoms with Gasteiger partial charge in [0.15, 0.2) is 0 Å². The van der Waals surface area contributed by atoms with Gasteiger partial charge in [-0.3, -0.25) is 0 Å². The minimum absolute atomic E-state index is 0.182. The van der Waals surface area contributed by atoms with Gasteiger partial charge in [-0.15, -0.1) is 0 Å². The average Bonchev–Trinajstić information content (AvgIpc) is 2.49. The smallest absolute Gasteiger partial charge is 0.105 e. The van der Waals surface area contributed by atoms with Crippen LogP contribution in [0.15, 0.2) is 16.5 Å². The van der Waals surface area contributed by atoms with E-state index in [9.17, 15) is 5.11 Å². The molecule has 1 rings (SSSR count). The summed E-state index contributed by atoms with van der Waals surface area (Å²) in [6, 6.07) is 3.56. The van der Waals surface area contributed by atoms with Crippen molar-refractivity contribution in [3.63, 3.8) is 0 Å². The van der Waals surface area contributed by atoms with Crippen LogP contribution in [0.5, 0.6) is 0 Å². The third kappa shape index (κ3) is 2.86. The van der Waals surface area contributed by atoms with Crippen molar-refractivity contribution >= 4 is 0 Å². The van der Waals surface area contributed by atoms with Crippen molar-refractivity contribution in [1.29, 1.82) is 0 Å². The van der Waals surface area contributed by atoms with Crippen LogP contribution in [0, 0.1) is 12.8 Å². The first-order chi connectivity index (χ1) is 6.50. The molecule has 3 heteroatoms. The molecule has 0 aliphatic rings. The highest BCUT2D eigenvalue weighted by Gasteiger charge is 2.19. The normalized spacial score (nSPS) is 15.9. The van der Waals surface area contributed by atoms with Gasteiger partial charge in [-0.05, 0) is 25.0 Å². The van der Waals surface area contributed by atoms with Crippen molar-refractivity contribution in [1.82, 2.24) is 0 Å². The van der Waals surface area contributed by atoms with Crippen LogP contribution in [0.1, 0.15) is 25.4 Å². The Morgan fingerprint density at radius 1 is 1.43 bits per heavy atom. The largest absolute Gasteiger partial charge is 0.466 e. The van der Waals surface area contributed by atoms with Crippen molar-refractivity contribution < 1.29 is 9.52 Å². The van der Waals surface area contributed by atoms with Gasteiger partial charge in [-0.25, -0.2) is 0 Å². The second-order valence-corrected chi connectivity index (χ2v) is 4.11. The number of furan rings is 1. The molecule has 0 amide bonds. The number of aliphatic hydroxyl groups is 1. The lowest BCUT2D eigenvalue weighted by Gasteiger charge is -2.20. The Labute approximate surface area is 84.9 Å². The van der Waals surface area contributed by atoms with Crippen molar-refractivity contribution in [3.8, 4) is 0 Å². The lowest BCUT2D eigenvalue weighted by molar-refractivity contribution is 0.0958. The summed E-state index contributed by atoms with van der Waals surface area (Å²) in [4.78, 5) is 0. The van der Waals surface area contributed by atoms with E-state index in [1.54, 1.807) is 0 Å². The topological polar surface area (TPSA) is 59.4 Å². The predicted octanol–water partition coefficient (Wildman–Crippen LogP) is 1.47. The van der Waals surface area contributed by atoms with Crippen LogP contribution >= 0.6 is 0 Å². The molecule has 2 atom stereocenters. The first kappa shape index (κ1) is 11.3. The molecule has 0 spiro atoms. The predicted molar refractivity (Wildman–Crippen MR) is 56.0 cm³/mol. The summed E-state index contributed by atoms with van der Waals surface area (Å²) >= 11 is 0. The van der Waals surface area contributed by atoms with Crippen LogP contribution in [-0.4, -0.2) is 17.3 Å². The number of rotatable bonds is 4. The molecular formula is C11H19NO2. The Kier molecular flexibility index (Phi) is 3.72. The van der Waals surface area contributed by atoms with Gasteiger partial charge in [0.05, 0.1) is 6.10 Å². The Morgan fingerprint density at radius 2 is 2.07 bits per heavy atom. The van der Waals surface area contributed by atoms with E-state index in [-0.39, 0.29) is 12.0 Å². The molecule has 0 aliphatic heterocycles. The molecule has 1 aromatic rings. The van der Waals surface area contributed by atoms with E-state index < -0.39 is 6.10 Å². The Bertz CT molecular complexity index is 281. The van der Waals surface area contributed by atoms with E-state index in [1.165, 1.54) is 0 Å². The number of hydrogen-bond acceptors (Lipinski definition) is 3. The Hall–Kier alpha value is -0.800. The van der Waals surface area contributed by atoms with Gasteiger partial charge in [0.2, 0.25) is 0 Å². The Morgan fingerprint density at radius 3 is 2.50 bits per heavy atom. The molecule has 0 bridgehead atoms. The molecule has 0 radical (unpaired) electrons. The molecule has 1 heterocycles. The first-order valence-electron chi connectivity index (χ1n) is 4.99. The first-order valence-corrected chi connectivity index (χ1v) is 4.99. The van der Waals surface area contributed by atoms with Crippen LogP contribution in [0.3, 0.4) is 0 Å². The van der Waals surface area contributed by atoms with Gasteiger partial charge in [0.1, 0.15) is 11.5 Å². The zero-order valence-electron chi connectivity index (χ0n) is 9.03. The summed E-state index contributed by atoms with van der Waals surface area (Å²) in [5.74, 6) is 1.90. The van der Waals surface area contributed by atoms with Crippen molar-refractivity contribution in [2.24, 2.45) is 11.7 Å². The molecule has 0 fully saturated rings. The van der Waals surface area contributed by atoms with Gasteiger partial charge in [-0.1, -0.05) is 13.8 Å². The quantitative estimate of drug-likeness (QED) is 0.768. The van der Waals surface area contributed by atoms with Gasteiger partial charge >= 0.3 is 0 Å². The number of aliphatic hydroxyl groups excluding tert-OH is 1. The summed E-state index contributed by atoms with van der Waals surface area (Å²) < 4.78 is 5.39. The van der Waals surface area contributed by atoms with E-state index >= 15 is 0 Å². The second-order valence-electron chi connectivity index (χ2n) is 4.11. The maximum absolute atomic E-state index is 9.70. The highest BCUT2D eigenvalue weighted by atomic mass is 16.3. The van der Waals surface area contributed by atoms with Crippen molar-refractivity contribution in [2.45, 2.75) is 39.3 Å². The number of aryl methyl sites for hydroxylation is 1. The fraction of sp³-hybridized carbons (Fsp3) is 0.636. The molecule has 3 N–H and O–H groups in total. The average molecular weight is 197 g/mol. The van der Waals surface area contributed by atoms with E-state index in [2.05, 4.69) is 0 Å². The third-order valence-corrected chi connectivity index (χ3v) is 2.35. The van der Waals surface area contributed by atoms with Gasteiger partial charge in [-0.2, -0.15) is 0 Å². The Balaban J connectivity index is 2.52. The molecule has 0 aromatic carbocycles. The standard InChI is InChI=1S/C11H19NO2/c1-7(2)11(13)10(12)6-9-5-4-8(3)14-9/h4-5,7,10-11,13H,6,12H2,1-3H3. The van der Waals surface area contributed by atoms with Crippen LogP contribution in [-0.2, 0) is 6.42 Å². The van der Waals surface area contributed by atoms with Crippen molar-refractivity contribution in [3.05, 3.63) is 23.7 Å². The van der Waals surface area contributed by atoms with Crippen LogP contribution in [0.4, 0.5) is 0 Å². The zero-order valence-corrected chi connectivity index (χ0v) is 9.03. The maximum Gasteiger partial charge on any atom is 0.105 e. The van der Waals surface area contributed by atoms with E-state index in [0.29, 0.717) is 6.42 Å². The molecule has 2 unspecified atom stereocenters. The number of hydrogen-bond donors (Lipinski definition) is 2. The molecule has 14 heavy (non-hydrogen) atoms. The molecule has 0 saturated carbocycles. The molecule has 0 aliphatic carbocycles. The van der Waals surface area contributed by atoms with Crippen LogP contribution < -0.4 is 5.73 Å². The van der Waals surface area contributed by atoms with E-state index in [1.807, 2.05) is 32.9 Å². The molecule has 3 nitrogen and oxygen atoms in total. The summed E-state index contributed by atoms with van der Waals surface area (Å²) in [6.45, 7) is 5.81. The molecule has 80 valence electrons. The maximum atomic E-state index is 9.70. The SMILES string of the molecule is Cc1ccc(CC(N)C(O)C(C)C)o1. The van der Waals surface area contributed by atoms with Crippen molar-refractivity contribution in [2.75, 3.05) is 0 Å². The third-order valence-electron chi connectivity index (χ3n) is 2.35. The minimum Gasteiger partial charge on any atom is -0.466 e.